The molecule has 5 unspecified atom stereocenters. The Morgan fingerprint density at radius 3 is 1.35 bits per heavy atom. The van der Waals surface area contributed by atoms with Gasteiger partial charge in [-0.25, -0.2) is 0 Å². The molecule has 0 amide bonds. The van der Waals surface area contributed by atoms with Crippen LogP contribution >= 0.6 is 0 Å². The highest BCUT2D eigenvalue weighted by Crippen LogP contribution is 2.72. The largest absolute Gasteiger partial charge is 0.386 e. The minimum absolute atomic E-state index is 0.852. The predicted molar refractivity (Wildman–Crippen MR) is 63.5 cm³/mol. The summed E-state index contributed by atoms with van der Waals surface area (Å²) in [5, 5.41) is 32.3. The number of aliphatic hydroxyl groups is 3. The van der Waals surface area contributed by atoms with Crippen LogP contribution in [0.4, 0.5) is 0 Å². The minimum atomic E-state index is -1.46. The predicted octanol–water partition coefficient (Wildman–Crippen LogP) is 0.827. The second-order valence-corrected chi connectivity index (χ2v) is 7.01. The maximum Gasteiger partial charge on any atom is 0.129 e. The third kappa shape index (κ3) is 0.907. The van der Waals surface area contributed by atoms with E-state index in [1.54, 1.807) is 48.5 Å². The Bertz CT molecular complexity index is 347. The van der Waals surface area contributed by atoms with Crippen molar-refractivity contribution in [3.8, 4) is 0 Å². The lowest BCUT2D eigenvalue weighted by atomic mass is 9.46. The van der Waals surface area contributed by atoms with E-state index in [1.807, 2.05) is 0 Å². The van der Waals surface area contributed by atoms with Gasteiger partial charge in [0.15, 0.2) is 0 Å². The number of hydrogen-bond donors (Lipinski definition) is 3. The third-order valence-corrected chi connectivity index (χ3v) is 6.52. The molecule has 0 radical (unpaired) electrons. The molecule has 2 fully saturated rings. The Morgan fingerprint density at radius 2 is 0.941 bits per heavy atom. The normalized spacial score (nSPS) is 65.3. The Labute approximate surface area is 103 Å². The zero-order chi connectivity index (χ0) is 13.7. The quantitative estimate of drug-likeness (QED) is 0.552. The van der Waals surface area contributed by atoms with Gasteiger partial charge in [0, 0.05) is 5.41 Å². The number of fused-ring (bicyclic) bond motifs is 1. The second-order valence-electron chi connectivity index (χ2n) is 7.01. The molecule has 0 aromatic heterocycles. The Balaban J connectivity index is 2.71. The lowest BCUT2D eigenvalue weighted by molar-refractivity contribution is -0.283. The molecule has 0 aromatic rings. The molecule has 1 heterocycles. The fraction of sp³-hybridized carbons (Fsp3) is 1.00. The second kappa shape index (κ2) is 2.57. The van der Waals surface area contributed by atoms with Crippen molar-refractivity contribution >= 4 is 0 Å². The molecule has 2 rings (SSSR count). The maximum absolute atomic E-state index is 10.8. The first-order valence-electron chi connectivity index (χ1n) is 6.08. The van der Waals surface area contributed by atoms with Gasteiger partial charge in [0.1, 0.15) is 28.0 Å². The highest BCUT2D eigenvalue weighted by Gasteiger charge is 2.89. The van der Waals surface area contributed by atoms with Crippen LogP contribution in [0.3, 0.4) is 0 Å². The molecule has 1 saturated carbocycles. The minimum Gasteiger partial charge on any atom is -0.386 e. The molecule has 5 atom stereocenters. The van der Waals surface area contributed by atoms with Crippen molar-refractivity contribution in [3.05, 3.63) is 0 Å². The van der Waals surface area contributed by atoms with Gasteiger partial charge in [-0.15, -0.1) is 0 Å². The summed E-state index contributed by atoms with van der Waals surface area (Å²) in [6.07, 6.45) is 0. The summed E-state index contributed by atoms with van der Waals surface area (Å²) >= 11 is 0. The molecule has 4 nitrogen and oxygen atoms in total. The smallest absolute Gasteiger partial charge is 0.129 e. The number of hydrogen-bond acceptors (Lipinski definition) is 4. The van der Waals surface area contributed by atoms with Crippen molar-refractivity contribution in [1.82, 2.24) is 0 Å². The summed E-state index contributed by atoms with van der Waals surface area (Å²) in [7, 11) is 0. The lowest BCUT2D eigenvalue weighted by Gasteiger charge is -2.61. The van der Waals surface area contributed by atoms with Crippen LogP contribution in [-0.4, -0.2) is 43.3 Å². The number of ether oxygens (including phenoxy) is 1. The van der Waals surface area contributed by atoms with Gasteiger partial charge in [0.25, 0.3) is 0 Å². The van der Waals surface area contributed by atoms with Crippen molar-refractivity contribution < 1.29 is 20.1 Å². The van der Waals surface area contributed by atoms with Gasteiger partial charge >= 0.3 is 0 Å². The monoisotopic (exact) mass is 244 g/mol. The van der Waals surface area contributed by atoms with Crippen LogP contribution in [0, 0.1) is 5.41 Å². The summed E-state index contributed by atoms with van der Waals surface area (Å²) in [4.78, 5) is 0. The number of rotatable bonds is 0. The molecule has 0 aromatic carbocycles. The van der Waals surface area contributed by atoms with Crippen molar-refractivity contribution in [2.24, 2.45) is 5.41 Å². The van der Waals surface area contributed by atoms with Crippen LogP contribution in [0.25, 0.3) is 0 Å². The van der Waals surface area contributed by atoms with E-state index in [9.17, 15) is 15.3 Å². The third-order valence-electron chi connectivity index (χ3n) is 6.52. The van der Waals surface area contributed by atoms with E-state index in [1.165, 1.54) is 0 Å². The van der Waals surface area contributed by atoms with Crippen molar-refractivity contribution in [1.29, 1.82) is 0 Å². The van der Waals surface area contributed by atoms with E-state index in [0.717, 1.165) is 0 Å². The SMILES string of the molecule is CC1(C)C(C)(O)C(C)(O)C2(C)OC2(C)C1(C)O. The van der Waals surface area contributed by atoms with Gasteiger partial charge < -0.3 is 20.1 Å². The molecular formula is C13H24O4. The topological polar surface area (TPSA) is 73.2 Å². The molecule has 1 aliphatic carbocycles. The van der Waals surface area contributed by atoms with Crippen molar-refractivity contribution in [3.63, 3.8) is 0 Å². The Morgan fingerprint density at radius 1 is 0.588 bits per heavy atom. The van der Waals surface area contributed by atoms with Crippen LogP contribution in [0.15, 0.2) is 0 Å². The molecule has 0 spiro atoms. The summed E-state index contributed by atoms with van der Waals surface area (Å²) in [5.41, 5.74) is -6.83. The first kappa shape index (κ1) is 13.3. The van der Waals surface area contributed by atoms with E-state index >= 15 is 0 Å². The Hall–Kier alpha value is -0.160. The fourth-order valence-electron chi connectivity index (χ4n) is 3.65. The van der Waals surface area contributed by atoms with Gasteiger partial charge in [-0.1, -0.05) is 13.8 Å². The molecule has 2 aliphatic rings. The average Bonchev–Trinajstić information content (AvgIpc) is 2.71. The van der Waals surface area contributed by atoms with Crippen LogP contribution in [0.1, 0.15) is 48.5 Å². The van der Waals surface area contributed by atoms with Gasteiger partial charge in [-0.3, -0.25) is 0 Å². The van der Waals surface area contributed by atoms with E-state index in [2.05, 4.69) is 0 Å². The van der Waals surface area contributed by atoms with Crippen LogP contribution < -0.4 is 0 Å². The summed E-state index contributed by atoms with van der Waals surface area (Å²) in [5.74, 6) is 0. The molecule has 100 valence electrons. The van der Waals surface area contributed by atoms with Crippen molar-refractivity contribution in [2.75, 3.05) is 0 Å². The first-order valence-corrected chi connectivity index (χ1v) is 6.08. The highest BCUT2D eigenvalue weighted by atomic mass is 16.7. The maximum atomic E-state index is 10.8. The first-order chi connectivity index (χ1) is 7.21. The molecule has 17 heavy (non-hydrogen) atoms. The zero-order valence-electron chi connectivity index (χ0n) is 11.7. The van der Waals surface area contributed by atoms with E-state index in [4.69, 9.17) is 4.74 Å². The molecule has 1 saturated heterocycles. The van der Waals surface area contributed by atoms with Gasteiger partial charge in [0.2, 0.25) is 0 Å². The fourth-order valence-corrected chi connectivity index (χ4v) is 3.65. The standard InChI is InChI=1S/C13H24O4/c1-8(2)9(3,14)11(5,16)13(7)12(6,17-13)10(8,4)15/h14-16H,1-7H3. The molecular weight excluding hydrogens is 220 g/mol. The number of epoxide rings is 1. The molecule has 4 heteroatoms. The Kier molecular flexibility index (Phi) is 2.01. The van der Waals surface area contributed by atoms with Gasteiger partial charge in [-0.05, 0) is 34.6 Å². The molecule has 1 aliphatic heterocycles. The van der Waals surface area contributed by atoms with Crippen LogP contribution in [0.2, 0.25) is 0 Å². The van der Waals surface area contributed by atoms with E-state index < -0.39 is 33.4 Å². The van der Waals surface area contributed by atoms with Gasteiger partial charge in [0.05, 0.1) is 0 Å². The van der Waals surface area contributed by atoms with Gasteiger partial charge in [-0.2, -0.15) is 0 Å². The highest BCUT2D eigenvalue weighted by molar-refractivity contribution is 5.38. The summed E-state index contributed by atoms with van der Waals surface area (Å²) < 4.78 is 5.69. The summed E-state index contributed by atoms with van der Waals surface area (Å²) in [6.45, 7) is 11.9. The van der Waals surface area contributed by atoms with Crippen LogP contribution in [-0.2, 0) is 4.74 Å². The lowest BCUT2D eigenvalue weighted by Crippen LogP contribution is -2.79. The van der Waals surface area contributed by atoms with E-state index in [0.29, 0.717) is 0 Å². The van der Waals surface area contributed by atoms with Crippen molar-refractivity contribution in [2.45, 2.75) is 76.5 Å². The zero-order valence-corrected chi connectivity index (χ0v) is 11.7. The van der Waals surface area contributed by atoms with Crippen LogP contribution in [0.5, 0.6) is 0 Å². The molecule has 3 N–H and O–H groups in total. The summed E-state index contributed by atoms with van der Waals surface area (Å²) in [6, 6.07) is 0. The average molecular weight is 244 g/mol. The molecule has 0 bridgehead atoms. The van der Waals surface area contributed by atoms with E-state index in [-0.39, 0.29) is 0 Å².